The third-order valence-corrected chi connectivity index (χ3v) is 9.47. The lowest BCUT2D eigenvalue weighted by atomic mass is 9.85. The fraction of sp³-hybridized carbons (Fsp3) is 0.289. The molecular weight excluding hydrogens is 619 g/mol. The summed E-state index contributed by atoms with van der Waals surface area (Å²) in [6.45, 7) is 3.20. The molecule has 0 saturated carbocycles. The number of likely N-dealkylation sites (tertiary alicyclic amines) is 1. The number of aromatic nitrogens is 4. The molecule has 250 valence electrons. The topological polar surface area (TPSA) is 110 Å². The van der Waals surface area contributed by atoms with E-state index in [0.29, 0.717) is 56.4 Å². The van der Waals surface area contributed by atoms with Gasteiger partial charge in [0.2, 0.25) is 11.8 Å². The van der Waals surface area contributed by atoms with Crippen molar-refractivity contribution in [3.05, 3.63) is 103 Å². The second-order valence-corrected chi connectivity index (χ2v) is 13.2. The van der Waals surface area contributed by atoms with Gasteiger partial charge in [0.15, 0.2) is 5.82 Å². The van der Waals surface area contributed by atoms with Crippen molar-refractivity contribution in [2.75, 3.05) is 58.7 Å². The molecule has 2 N–H and O–H groups in total. The second-order valence-electron chi connectivity index (χ2n) is 13.2. The standard InChI is InChI=1S/C38H39FN8O2/c1-45(2)24-38(37(49)42-31-12-13-33-32(22-31)35(44-43-33)28-8-10-30(39)11-9-28)16-21-46(25-38)23-34(48)47-19-14-27(15-20-47)26-4-6-29(7-5-26)36-40-17-3-18-41-36/h3-14,17-18,22H,15-16,19-21,23-25H2,1-2H3,(H,42,49)(H,43,44). The number of aromatic amines is 1. The van der Waals surface area contributed by atoms with E-state index < -0.39 is 5.41 Å². The molecule has 1 fully saturated rings. The molecule has 0 radical (unpaired) electrons. The van der Waals surface area contributed by atoms with Crippen molar-refractivity contribution in [3.8, 4) is 22.6 Å². The summed E-state index contributed by atoms with van der Waals surface area (Å²) in [7, 11) is 3.94. The highest BCUT2D eigenvalue weighted by molar-refractivity contribution is 6.00. The van der Waals surface area contributed by atoms with Crippen LogP contribution in [0.25, 0.3) is 39.1 Å². The van der Waals surface area contributed by atoms with Crippen LogP contribution in [-0.4, -0.2) is 100 Å². The van der Waals surface area contributed by atoms with Crippen LogP contribution in [0.5, 0.6) is 0 Å². The summed E-state index contributed by atoms with van der Waals surface area (Å²) < 4.78 is 13.5. The number of hydrogen-bond acceptors (Lipinski definition) is 7. The van der Waals surface area contributed by atoms with E-state index >= 15 is 0 Å². The summed E-state index contributed by atoms with van der Waals surface area (Å²) in [5.41, 5.74) is 5.61. The molecule has 2 aliphatic rings. The Morgan fingerprint density at radius 3 is 2.41 bits per heavy atom. The molecule has 0 aliphatic carbocycles. The van der Waals surface area contributed by atoms with Gasteiger partial charge >= 0.3 is 0 Å². The molecule has 0 spiro atoms. The van der Waals surface area contributed by atoms with Gasteiger partial charge in [-0.15, -0.1) is 0 Å². The van der Waals surface area contributed by atoms with Crippen molar-refractivity contribution in [2.45, 2.75) is 12.8 Å². The van der Waals surface area contributed by atoms with Crippen molar-refractivity contribution in [3.63, 3.8) is 0 Å². The molecule has 1 saturated heterocycles. The van der Waals surface area contributed by atoms with Gasteiger partial charge in [0.05, 0.1) is 23.2 Å². The first-order valence-electron chi connectivity index (χ1n) is 16.5. The van der Waals surface area contributed by atoms with E-state index in [2.05, 4.69) is 48.6 Å². The highest BCUT2D eigenvalue weighted by atomic mass is 19.1. The number of nitrogens with zero attached hydrogens (tertiary/aromatic N) is 6. The van der Waals surface area contributed by atoms with E-state index in [9.17, 15) is 14.0 Å². The fourth-order valence-corrected chi connectivity index (χ4v) is 7.00. The predicted molar refractivity (Wildman–Crippen MR) is 189 cm³/mol. The molecule has 4 heterocycles. The maximum Gasteiger partial charge on any atom is 0.237 e. The number of anilines is 1. The molecule has 7 rings (SSSR count). The number of benzene rings is 3. The lowest BCUT2D eigenvalue weighted by Gasteiger charge is -2.32. The van der Waals surface area contributed by atoms with Crippen LogP contribution in [0.2, 0.25) is 0 Å². The Hall–Kier alpha value is -5.26. The molecule has 1 unspecified atom stereocenters. The monoisotopic (exact) mass is 658 g/mol. The van der Waals surface area contributed by atoms with E-state index in [4.69, 9.17) is 0 Å². The molecule has 10 nitrogen and oxygen atoms in total. The SMILES string of the molecule is CN(C)CC1(C(=O)Nc2ccc3[nH]nc(-c4ccc(F)cc4)c3c2)CCN(CC(=O)N2CC=C(c3ccc(-c4ncccn4)cc3)CC2)C1. The minimum atomic E-state index is -0.680. The van der Waals surface area contributed by atoms with Crippen LogP contribution in [0, 0.1) is 11.2 Å². The Morgan fingerprint density at radius 2 is 1.69 bits per heavy atom. The van der Waals surface area contributed by atoms with Gasteiger partial charge in [-0.1, -0.05) is 30.3 Å². The molecule has 5 aromatic rings. The lowest BCUT2D eigenvalue weighted by molar-refractivity contribution is -0.132. The number of carbonyl (C=O) groups excluding carboxylic acids is 2. The van der Waals surface area contributed by atoms with E-state index in [-0.39, 0.29) is 24.2 Å². The van der Waals surface area contributed by atoms with Crippen LogP contribution in [-0.2, 0) is 9.59 Å². The maximum absolute atomic E-state index is 14.0. The molecule has 11 heteroatoms. The zero-order valence-electron chi connectivity index (χ0n) is 27.7. The zero-order chi connectivity index (χ0) is 34.0. The number of carbonyl (C=O) groups is 2. The number of fused-ring (bicyclic) bond motifs is 1. The third-order valence-electron chi connectivity index (χ3n) is 9.47. The zero-order valence-corrected chi connectivity index (χ0v) is 27.7. The van der Waals surface area contributed by atoms with Crippen LogP contribution < -0.4 is 5.32 Å². The smallest absolute Gasteiger partial charge is 0.237 e. The average molecular weight is 659 g/mol. The Bertz CT molecular complexity index is 1990. The fourth-order valence-electron chi connectivity index (χ4n) is 7.00. The Kier molecular flexibility index (Phi) is 9.03. The molecule has 0 bridgehead atoms. The summed E-state index contributed by atoms with van der Waals surface area (Å²) in [6.07, 6.45) is 7.04. The minimum Gasteiger partial charge on any atom is -0.338 e. The first-order valence-corrected chi connectivity index (χ1v) is 16.5. The van der Waals surface area contributed by atoms with Crippen molar-refractivity contribution < 1.29 is 14.0 Å². The van der Waals surface area contributed by atoms with Crippen LogP contribution in [0.3, 0.4) is 0 Å². The maximum atomic E-state index is 14.0. The van der Waals surface area contributed by atoms with E-state index in [1.54, 1.807) is 30.6 Å². The van der Waals surface area contributed by atoms with Gasteiger partial charge < -0.3 is 15.1 Å². The van der Waals surface area contributed by atoms with E-state index in [0.717, 1.165) is 34.0 Å². The number of rotatable bonds is 9. The Morgan fingerprint density at radius 1 is 0.959 bits per heavy atom. The van der Waals surface area contributed by atoms with Crippen LogP contribution in [0.1, 0.15) is 18.4 Å². The number of halogens is 1. The Labute approximate surface area is 284 Å². The molecule has 2 aromatic heterocycles. The van der Waals surface area contributed by atoms with Crippen LogP contribution in [0.15, 0.2) is 91.3 Å². The van der Waals surface area contributed by atoms with Gasteiger partial charge in [0, 0.05) is 60.8 Å². The average Bonchev–Trinajstić information content (AvgIpc) is 3.73. The summed E-state index contributed by atoms with van der Waals surface area (Å²) in [4.78, 5) is 42.2. The molecule has 49 heavy (non-hydrogen) atoms. The number of nitrogens with one attached hydrogen (secondary N) is 2. The largest absolute Gasteiger partial charge is 0.338 e. The summed E-state index contributed by atoms with van der Waals surface area (Å²) >= 11 is 0. The highest BCUT2D eigenvalue weighted by Gasteiger charge is 2.45. The lowest BCUT2D eigenvalue weighted by Crippen LogP contribution is -2.47. The summed E-state index contributed by atoms with van der Waals surface area (Å²) in [5.74, 6) is 0.393. The predicted octanol–water partition coefficient (Wildman–Crippen LogP) is 5.33. The van der Waals surface area contributed by atoms with Crippen LogP contribution >= 0.6 is 0 Å². The van der Waals surface area contributed by atoms with Gasteiger partial charge in [-0.25, -0.2) is 14.4 Å². The van der Waals surface area contributed by atoms with Gasteiger partial charge in [-0.3, -0.25) is 19.6 Å². The molecule has 2 amide bonds. The summed E-state index contributed by atoms with van der Waals surface area (Å²) in [5, 5.41) is 11.5. The second kappa shape index (κ2) is 13.7. The van der Waals surface area contributed by atoms with Gasteiger partial charge in [-0.05, 0) is 93.1 Å². The normalized spacial score (nSPS) is 18.2. The third kappa shape index (κ3) is 6.99. The molecule has 3 aromatic carbocycles. The number of amides is 2. The highest BCUT2D eigenvalue weighted by Crippen LogP contribution is 2.35. The summed E-state index contributed by atoms with van der Waals surface area (Å²) in [6, 6.07) is 21.9. The van der Waals surface area contributed by atoms with Crippen LogP contribution in [0.4, 0.5) is 10.1 Å². The number of hydrogen-bond donors (Lipinski definition) is 2. The van der Waals surface area contributed by atoms with E-state index in [1.165, 1.54) is 17.7 Å². The molecule has 2 aliphatic heterocycles. The van der Waals surface area contributed by atoms with Crippen molar-refractivity contribution in [1.82, 2.24) is 34.9 Å². The quantitative estimate of drug-likeness (QED) is 0.220. The van der Waals surface area contributed by atoms with E-state index in [1.807, 2.05) is 54.2 Å². The molecular formula is C38H39FN8O2. The van der Waals surface area contributed by atoms with Crippen molar-refractivity contribution in [2.24, 2.45) is 5.41 Å². The first-order chi connectivity index (χ1) is 23.8. The number of H-pyrrole nitrogens is 1. The van der Waals surface area contributed by atoms with Gasteiger partial charge in [0.25, 0.3) is 0 Å². The Balaban J connectivity index is 0.989. The van der Waals surface area contributed by atoms with Gasteiger partial charge in [-0.2, -0.15) is 5.10 Å². The molecule has 1 atom stereocenters. The van der Waals surface area contributed by atoms with Crippen molar-refractivity contribution in [1.29, 1.82) is 0 Å². The first kappa shape index (κ1) is 32.3. The minimum absolute atomic E-state index is 0.0716. The van der Waals surface area contributed by atoms with Gasteiger partial charge in [0.1, 0.15) is 5.82 Å². The van der Waals surface area contributed by atoms with Crippen molar-refractivity contribution >= 4 is 34.0 Å².